The van der Waals surface area contributed by atoms with Gasteiger partial charge in [0.25, 0.3) is 7.37 Å². The number of carbonyl (C=O) groups excluding carboxylic acids is 1. The van der Waals surface area contributed by atoms with Gasteiger partial charge < -0.3 is 9.26 Å². The summed E-state index contributed by atoms with van der Waals surface area (Å²) in [6.45, 7) is 1.53. The molecule has 0 saturated carbocycles. The molecule has 0 heterocycles. The van der Waals surface area contributed by atoms with Gasteiger partial charge in [0.2, 0.25) is 0 Å². The van der Waals surface area contributed by atoms with Crippen LogP contribution in [0.3, 0.4) is 0 Å². The van der Waals surface area contributed by atoms with Gasteiger partial charge in [-0.3, -0.25) is 9.36 Å². The number of rotatable bonds is 3. The van der Waals surface area contributed by atoms with Crippen molar-refractivity contribution in [2.24, 2.45) is 0 Å². The van der Waals surface area contributed by atoms with E-state index in [1.54, 1.807) is 0 Å². The van der Waals surface area contributed by atoms with Crippen LogP contribution in [-0.4, -0.2) is 26.4 Å². The fourth-order valence-corrected chi connectivity index (χ4v) is 1.66. The normalized spacial score (nSPS) is 13.9. The number of methoxy groups -OCH3 is 1. The first-order valence-electron chi connectivity index (χ1n) is 3.23. The Morgan fingerprint density at radius 1 is 1.50 bits per heavy atom. The summed E-state index contributed by atoms with van der Waals surface area (Å²) in [4.78, 5) is 10.7. The maximum atomic E-state index is 11.5. The quantitative estimate of drug-likeness (QED) is 0.379. The third-order valence-electron chi connectivity index (χ3n) is 1.14. The fourth-order valence-electron chi connectivity index (χ4n) is 0.555. The molecular weight excluding hydrogens is 179 g/mol. The van der Waals surface area contributed by atoms with Crippen LogP contribution in [0.25, 0.3) is 0 Å². The Hall–Kier alpha value is -0.780. The lowest BCUT2D eigenvalue weighted by atomic mass is 10.8. The first kappa shape index (κ1) is 11.2. The summed E-state index contributed by atoms with van der Waals surface area (Å²) < 4.78 is 20.4. The molecule has 0 saturated heterocycles. The summed E-state index contributed by atoms with van der Waals surface area (Å²) in [5, 5.41) is 0. The molecule has 5 heteroatoms. The maximum Gasteiger partial charge on any atom is 0.316 e. The minimum Gasteiger partial charge on any atom is -0.469 e. The van der Waals surface area contributed by atoms with Gasteiger partial charge in [-0.1, -0.05) is 5.92 Å². The molecule has 0 aliphatic rings. The standard InChI is InChI=1S/C7H11O4P/c1-4-5-12(9,11-3)6-7(8)10-2/h6H2,1-3H3. The molecule has 0 aliphatic carbocycles. The SMILES string of the molecule is CC#CP(=O)(CC(=O)OC)OC. The van der Waals surface area contributed by atoms with Crippen LogP contribution in [0.4, 0.5) is 0 Å². The van der Waals surface area contributed by atoms with Crippen molar-refractivity contribution in [1.82, 2.24) is 0 Å². The van der Waals surface area contributed by atoms with Crippen molar-refractivity contribution in [2.75, 3.05) is 20.4 Å². The zero-order chi connectivity index (χ0) is 9.61. The highest BCUT2D eigenvalue weighted by Gasteiger charge is 2.23. The molecule has 0 amide bonds. The third-order valence-corrected chi connectivity index (χ3v) is 2.97. The molecular formula is C7H11O4P. The highest BCUT2D eigenvalue weighted by atomic mass is 31.2. The van der Waals surface area contributed by atoms with Gasteiger partial charge in [0.15, 0.2) is 0 Å². The van der Waals surface area contributed by atoms with Crippen LogP contribution in [0.2, 0.25) is 0 Å². The van der Waals surface area contributed by atoms with E-state index in [2.05, 4.69) is 20.8 Å². The van der Waals surface area contributed by atoms with Gasteiger partial charge in [-0.25, -0.2) is 0 Å². The van der Waals surface area contributed by atoms with E-state index in [1.807, 2.05) is 0 Å². The highest BCUT2D eigenvalue weighted by Crippen LogP contribution is 2.44. The van der Waals surface area contributed by atoms with Crippen molar-refractivity contribution in [1.29, 1.82) is 0 Å². The van der Waals surface area contributed by atoms with Crippen LogP contribution >= 0.6 is 7.37 Å². The summed E-state index contributed by atoms with van der Waals surface area (Å²) in [5.41, 5.74) is 2.36. The second kappa shape index (κ2) is 4.97. The second-order valence-corrected chi connectivity index (χ2v) is 4.20. The van der Waals surface area contributed by atoms with Gasteiger partial charge in [-0.2, -0.15) is 0 Å². The van der Waals surface area contributed by atoms with Crippen LogP contribution in [0, 0.1) is 11.6 Å². The molecule has 68 valence electrons. The molecule has 0 radical (unpaired) electrons. The van der Waals surface area contributed by atoms with Crippen molar-refractivity contribution >= 4 is 13.3 Å². The van der Waals surface area contributed by atoms with Crippen LogP contribution in [0.5, 0.6) is 0 Å². The van der Waals surface area contributed by atoms with Crippen molar-refractivity contribution < 1.29 is 18.6 Å². The van der Waals surface area contributed by atoms with Gasteiger partial charge in [0.05, 0.1) is 7.11 Å². The van der Waals surface area contributed by atoms with E-state index in [0.717, 1.165) is 0 Å². The molecule has 0 fully saturated rings. The van der Waals surface area contributed by atoms with E-state index < -0.39 is 13.3 Å². The van der Waals surface area contributed by atoms with Crippen LogP contribution < -0.4 is 0 Å². The number of hydrogen-bond acceptors (Lipinski definition) is 4. The van der Waals surface area contributed by atoms with E-state index in [0.29, 0.717) is 0 Å². The minimum atomic E-state index is -3.11. The average molecular weight is 190 g/mol. The Morgan fingerprint density at radius 3 is 2.42 bits per heavy atom. The average Bonchev–Trinajstić information content (AvgIpc) is 2.05. The Morgan fingerprint density at radius 2 is 2.08 bits per heavy atom. The van der Waals surface area contributed by atoms with Crippen molar-refractivity contribution in [3.63, 3.8) is 0 Å². The Labute approximate surface area is 71.7 Å². The fraction of sp³-hybridized carbons (Fsp3) is 0.571. The molecule has 1 unspecified atom stereocenters. The largest absolute Gasteiger partial charge is 0.469 e. The van der Waals surface area contributed by atoms with E-state index in [9.17, 15) is 9.36 Å². The molecule has 0 rings (SSSR count). The van der Waals surface area contributed by atoms with Crippen LogP contribution in [0.1, 0.15) is 6.92 Å². The van der Waals surface area contributed by atoms with Gasteiger partial charge >= 0.3 is 5.97 Å². The lowest BCUT2D eigenvalue weighted by molar-refractivity contribution is -0.137. The number of hydrogen-bond donors (Lipinski definition) is 0. The van der Waals surface area contributed by atoms with Gasteiger partial charge in [-0.15, -0.1) is 0 Å². The summed E-state index contributed by atoms with van der Waals surface area (Å²) in [6.07, 6.45) is -0.291. The smallest absolute Gasteiger partial charge is 0.316 e. The van der Waals surface area contributed by atoms with Gasteiger partial charge in [-0.05, 0) is 12.6 Å². The zero-order valence-electron chi connectivity index (χ0n) is 7.29. The summed E-state index contributed by atoms with van der Waals surface area (Å²) in [5.74, 6) is 1.86. The molecule has 0 spiro atoms. The first-order valence-corrected chi connectivity index (χ1v) is 5.04. The summed E-state index contributed by atoms with van der Waals surface area (Å²) in [7, 11) is -0.627. The Balaban J connectivity index is 4.42. The van der Waals surface area contributed by atoms with Crippen molar-refractivity contribution in [3.05, 3.63) is 0 Å². The zero-order valence-corrected chi connectivity index (χ0v) is 8.18. The molecule has 4 nitrogen and oxygen atoms in total. The lowest BCUT2D eigenvalue weighted by Gasteiger charge is -2.06. The molecule has 0 aromatic heterocycles. The van der Waals surface area contributed by atoms with Gasteiger partial charge in [0.1, 0.15) is 6.16 Å². The van der Waals surface area contributed by atoms with Crippen molar-refractivity contribution in [2.45, 2.75) is 6.92 Å². The summed E-state index contributed by atoms with van der Waals surface area (Å²) >= 11 is 0. The monoisotopic (exact) mass is 190 g/mol. The highest BCUT2D eigenvalue weighted by molar-refractivity contribution is 7.65. The molecule has 12 heavy (non-hydrogen) atoms. The Bertz CT molecular complexity index is 260. The lowest BCUT2D eigenvalue weighted by Crippen LogP contribution is -2.07. The number of carbonyl (C=O) groups is 1. The predicted molar refractivity (Wildman–Crippen MR) is 44.9 cm³/mol. The summed E-state index contributed by atoms with van der Waals surface area (Å²) in [6, 6.07) is 0. The predicted octanol–water partition coefficient (Wildman–Crippen LogP) is 1.06. The topological polar surface area (TPSA) is 52.6 Å². The number of esters is 1. The Kier molecular flexibility index (Phi) is 4.65. The molecule has 0 N–H and O–H groups in total. The molecule has 1 atom stereocenters. The van der Waals surface area contributed by atoms with E-state index in [4.69, 9.17) is 0 Å². The number of ether oxygens (including phenoxy) is 1. The third kappa shape index (κ3) is 3.56. The van der Waals surface area contributed by atoms with Crippen LogP contribution in [0.15, 0.2) is 0 Å². The second-order valence-electron chi connectivity index (χ2n) is 1.95. The molecule has 0 aromatic carbocycles. The maximum absolute atomic E-state index is 11.5. The molecule has 0 bridgehead atoms. The molecule has 0 aliphatic heterocycles. The van der Waals surface area contributed by atoms with E-state index in [-0.39, 0.29) is 6.16 Å². The van der Waals surface area contributed by atoms with Crippen LogP contribution in [-0.2, 0) is 18.6 Å². The van der Waals surface area contributed by atoms with Crippen molar-refractivity contribution in [3.8, 4) is 11.6 Å². The van der Waals surface area contributed by atoms with E-state index >= 15 is 0 Å². The molecule has 0 aromatic rings. The van der Waals surface area contributed by atoms with E-state index in [1.165, 1.54) is 21.1 Å². The minimum absolute atomic E-state index is 0.291. The first-order chi connectivity index (χ1) is 5.58. The van der Waals surface area contributed by atoms with Gasteiger partial charge in [0, 0.05) is 7.11 Å².